The van der Waals surface area contributed by atoms with Crippen LogP contribution in [0.5, 0.6) is 5.75 Å². The van der Waals surface area contributed by atoms with Crippen LogP contribution in [0.4, 0.5) is 0 Å². The number of amides is 1. The van der Waals surface area contributed by atoms with Crippen LogP contribution in [-0.4, -0.2) is 32.8 Å². The van der Waals surface area contributed by atoms with E-state index in [-0.39, 0.29) is 11.5 Å². The Morgan fingerprint density at radius 2 is 1.88 bits per heavy atom. The quantitative estimate of drug-likeness (QED) is 0.333. The number of nitrogens with one attached hydrogen (secondary N) is 1. The minimum Gasteiger partial charge on any atom is -0.497 e. The molecule has 1 amide bonds. The molecule has 4 rings (SSSR count). The van der Waals surface area contributed by atoms with Crippen LogP contribution in [0.25, 0.3) is 16.7 Å². The predicted molar refractivity (Wildman–Crippen MR) is 130 cm³/mol. The fraction of sp³-hybridized carbons (Fsp3) is 0.200. The van der Waals surface area contributed by atoms with Gasteiger partial charge in [0.05, 0.1) is 23.3 Å². The van der Waals surface area contributed by atoms with Crippen LogP contribution in [0.15, 0.2) is 76.8 Å². The molecular weight excluding hydrogens is 436 g/mol. The average molecular weight is 461 g/mol. The van der Waals surface area contributed by atoms with Crippen LogP contribution in [0.2, 0.25) is 0 Å². The van der Waals surface area contributed by atoms with Crippen LogP contribution in [-0.2, 0) is 11.3 Å². The molecule has 8 heteroatoms. The zero-order valence-electron chi connectivity index (χ0n) is 18.6. The molecule has 0 aliphatic heterocycles. The van der Waals surface area contributed by atoms with Gasteiger partial charge in [0.15, 0.2) is 5.16 Å². The van der Waals surface area contributed by atoms with Crippen molar-refractivity contribution in [3.8, 4) is 11.6 Å². The number of carbonyl (C=O) groups is 1. The van der Waals surface area contributed by atoms with Crippen molar-refractivity contribution >= 4 is 28.6 Å². The topological polar surface area (TPSA) is 86.1 Å². The molecule has 0 spiro atoms. The predicted octanol–water partition coefficient (Wildman–Crippen LogP) is 3.89. The fourth-order valence-electron chi connectivity index (χ4n) is 3.38. The summed E-state index contributed by atoms with van der Waals surface area (Å²) >= 11 is 1.23. The highest BCUT2D eigenvalue weighted by Gasteiger charge is 2.21. The van der Waals surface area contributed by atoms with E-state index in [4.69, 9.17) is 9.72 Å². The van der Waals surface area contributed by atoms with Gasteiger partial charge in [0.25, 0.3) is 5.56 Å². The largest absolute Gasteiger partial charge is 0.497 e. The van der Waals surface area contributed by atoms with E-state index in [2.05, 4.69) is 10.3 Å². The molecule has 33 heavy (non-hydrogen) atoms. The number of para-hydroxylation sites is 1. The van der Waals surface area contributed by atoms with E-state index in [1.54, 1.807) is 32.4 Å². The molecule has 7 nitrogen and oxygen atoms in total. The van der Waals surface area contributed by atoms with Crippen molar-refractivity contribution < 1.29 is 9.53 Å². The van der Waals surface area contributed by atoms with E-state index in [0.717, 1.165) is 16.9 Å². The maximum Gasteiger partial charge on any atom is 0.267 e. The third-order valence-corrected chi connectivity index (χ3v) is 6.27. The zero-order chi connectivity index (χ0) is 23.4. The molecule has 2 aromatic heterocycles. The Morgan fingerprint density at radius 1 is 1.12 bits per heavy atom. The summed E-state index contributed by atoms with van der Waals surface area (Å²) in [5.74, 6) is 1.12. The molecule has 1 N–H and O–H groups in total. The zero-order valence-corrected chi connectivity index (χ0v) is 19.4. The van der Waals surface area contributed by atoms with Gasteiger partial charge < -0.3 is 10.1 Å². The molecule has 1 atom stereocenters. The van der Waals surface area contributed by atoms with E-state index in [9.17, 15) is 9.59 Å². The van der Waals surface area contributed by atoms with E-state index in [1.165, 1.54) is 16.3 Å². The number of ether oxygens (including phenoxy) is 1. The molecule has 168 valence electrons. The minimum absolute atomic E-state index is 0.150. The number of carbonyl (C=O) groups excluding carboxylic acids is 1. The van der Waals surface area contributed by atoms with Crippen molar-refractivity contribution in [2.45, 2.75) is 30.8 Å². The number of hydrogen-bond donors (Lipinski definition) is 1. The van der Waals surface area contributed by atoms with Crippen molar-refractivity contribution in [3.05, 3.63) is 88.3 Å². The maximum absolute atomic E-state index is 13.4. The summed E-state index contributed by atoms with van der Waals surface area (Å²) in [5.41, 5.74) is 2.18. The lowest BCUT2D eigenvalue weighted by Gasteiger charge is -2.17. The van der Waals surface area contributed by atoms with E-state index >= 15 is 0 Å². The first-order chi connectivity index (χ1) is 16.0. The molecule has 0 aliphatic rings. The highest BCUT2D eigenvalue weighted by Crippen LogP contribution is 2.25. The summed E-state index contributed by atoms with van der Waals surface area (Å²) in [5, 5.41) is 3.39. The number of methoxy groups -OCH3 is 1. The fourth-order valence-corrected chi connectivity index (χ4v) is 4.31. The Balaban J connectivity index is 1.61. The van der Waals surface area contributed by atoms with Crippen LogP contribution < -0.4 is 15.6 Å². The lowest BCUT2D eigenvalue weighted by Crippen LogP contribution is -2.31. The highest BCUT2D eigenvalue weighted by molar-refractivity contribution is 8.00. The van der Waals surface area contributed by atoms with Gasteiger partial charge in [0, 0.05) is 12.7 Å². The monoisotopic (exact) mass is 460 g/mol. The number of fused-ring (bicyclic) bond motifs is 1. The second-order valence-corrected chi connectivity index (χ2v) is 8.83. The van der Waals surface area contributed by atoms with Crippen LogP contribution in [0.1, 0.15) is 18.1 Å². The second kappa shape index (κ2) is 9.87. The normalized spacial score (nSPS) is 11.8. The number of benzene rings is 2. The number of aryl methyl sites for hydroxylation is 1. The Morgan fingerprint density at radius 3 is 2.61 bits per heavy atom. The van der Waals surface area contributed by atoms with Gasteiger partial charge in [-0.3, -0.25) is 9.59 Å². The van der Waals surface area contributed by atoms with Gasteiger partial charge in [-0.1, -0.05) is 42.1 Å². The molecule has 4 aromatic rings. The molecule has 0 fully saturated rings. The summed E-state index contributed by atoms with van der Waals surface area (Å²) < 4.78 is 6.66. The molecule has 0 saturated heterocycles. The molecule has 0 aliphatic carbocycles. The van der Waals surface area contributed by atoms with Crippen molar-refractivity contribution in [2.24, 2.45) is 0 Å². The Bertz CT molecular complexity index is 1350. The first-order valence-electron chi connectivity index (χ1n) is 10.5. The molecule has 0 radical (unpaired) electrons. The molecule has 2 heterocycles. The number of pyridine rings is 1. The summed E-state index contributed by atoms with van der Waals surface area (Å²) in [7, 11) is 1.61. The first-order valence-corrected chi connectivity index (χ1v) is 11.4. The molecular formula is C25H24N4O3S. The SMILES string of the molecule is COc1ccc(CNC(=O)C(C)Sc2nc3ccccc3c(=O)n2-c2ncccc2C)cc1. The Kier molecular flexibility index (Phi) is 6.74. The second-order valence-electron chi connectivity index (χ2n) is 7.52. The molecule has 0 saturated carbocycles. The third kappa shape index (κ3) is 4.90. The van der Waals surface area contributed by atoms with Gasteiger partial charge in [-0.05, 0) is 55.3 Å². The summed E-state index contributed by atoms with van der Waals surface area (Å²) in [6.45, 7) is 4.08. The summed E-state index contributed by atoms with van der Waals surface area (Å²) in [4.78, 5) is 35.3. The van der Waals surface area contributed by atoms with Gasteiger partial charge >= 0.3 is 0 Å². The smallest absolute Gasteiger partial charge is 0.267 e. The number of hydrogen-bond acceptors (Lipinski definition) is 6. The van der Waals surface area contributed by atoms with Crippen LogP contribution in [0, 0.1) is 6.92 Å². The number of thioether (sulfide) groups is 1. The average Bonchev–Trinajstić information content (AvgIpc) is 2.84. The Hall–Kier alpha value is -3.65. The lowest BCUT2D eigenvalue weighted by molar-refractivity contribution is -0.120. The maximum atomic E-state index is 13.4. The van der Waals surface area contributed by atoms with Crippen LogP contribution in [0.3, 0.4) is 0 Å². The first kappa shape index (κ1) is 22.5. The third-order valence-electron chi connectivity index (χ3n) is 5.22. The molecule has 0 bridgehead atoms. The Labute approximate surface area is 195 Å². The number of nitrogens with zero attached hydrogens (tertiary/aromatic N) is 3. The number of aromatic nitrogens is 3. The lowest BCUT2D eigenvalue weighted by atomic mass is 10.2. The van der Waals surface area contributed by atoms with E-state index in [0.29, 0.717) is 28.4 Å². The van der Waals surface area contributed by atoms with Crippen molar-refractivity contribution in [2.75, 3.05) is 7.11 Å². The minimum atomic E-state index is -0.480. The highest BCUT2D eigenvalue weighted by atomic mass is 32.2. The summed E-state index contributed by atoms with van der Waals surface area (Å²) in [6, 6.07) is 18.4. The molecule has 1 unspecified atom stereocenters. The molecule has 2 aromatic carbocycles. The van der Waals surface area contributed by atoms with Gasteiger partial charge in [0.2, 0.25) is 5.91 Å². The van der Waals surface area contributed by atoms with Gasteiger partial charge in [-0.15, -0.1) is 0 Å². The standard InChI is InChI=1S/C25H24N4O3S/c1-16-7-6-14-26-22(16)29-24(31)20-8-4-5-9-21(20)28-25(29)33-17(2)23(30)27-15-18-10-12-19(32-3)13-11-18/h4-14,17H,15H2,1-3H3,(H,27,30). The van der Waals surface area contributed by atoms with Crippen LogP contribution >= 0.6 is 11.8 Å². The number of rotatable bonds is 7. The van der Waals surface area contributed by atoms with E-state index in [1.807, 2.05) is 55.5 Å². The van der Waals surface area contributed by atoms with Gasteiger partial charge in [-0.2, -0.15) is 0 Å². The van der Waals surface area contributed by atoms with Gasteiger partial charge in [-0.25, -0.2) is 14.5 Å². The van der Waals surface area contributed by atoms with Gasteiger partial charge in [0.1, 0.15) is 11.6 Å². The van der Waals surface area contributed by atoms with Crippen molar-refractivity contribution in [3.63, 3.8) is 0 Å². The van der Waals surface area contributed by atoms with Crippen molar-refractivity contribution in [1.29, 1.82) is 0 Å². The van der Waals surface area contributed by atoms with Crippen molar-refractivity contribution in [1.82, 2.24) is 19.9 Å². The van der Waals surface area contributed by atoms with E-state index < -0.39 is 5.25 Å². The summed E-state index contributed by atoms with van der Waals surface area (Å²) in [6.07, 6.45) is 1.64.